The van der Waals surface area contributed by atoms with Gasteiger partial charge in [0.2, 0.25) is 0 Å². The van der Waals surface area contributed by atoms with Gasteiger partial charge in [-0.25, -0.2) is 4.98 Å². The lowest BCUT2D eigenvalue weighted by molar-refractivity contribution is 0.0102. The van der Waals surface area contributed by atoms with Crippen molar-refractivity contribution < 1.29 is 13.9 Å². The number of nitrogens with zero attached hydrogens (tertiary/aromatic N) is 3. The number of aromatic nitrogens is 1. The highest BCUT2D eigenvalue weighted by atomic mass is 16.5. The Labute approximate surface area is 137 Å². The molecule has 3 heterocycles. The Morgan fingerprint density at radius 1 is 1.35 bits per heavy atom. The van der Waals surface area contributed by atoms with Crippen LogP contribution in [0.15, 0.2) is 10.8 Å². The zero-order valence-electron chi connectivity index (χ0n) is 14.3. The molecule has 2 fully saturated rings. The maximum absolute atomic E-state index is 12.9. The first kappa shape index (κ1) is 16.5. The zero-order valence-corrected chi connectivity index (χ0v) is 14.3. The maximum Gasteiger partial charge on any atom is 0.276 e. The number of carbonyl (C=O) groups excluding carboxylic acids is 1. The molecule has 1 aromatic heterocycles. The summed E-state index contributed by atoms with van der Waals surface area (Å²) in [5, 5.41) is 0. The fourth-order valence-electron chi connectivity index (χ4n) is 3.72. The van der Waals surface area contributed by atoms with Crippen molar-refractivity contribution in [1.29, 1.82) is 0 Å². The summed E-state index contributed by atoms with van der Waals surface area (Å²) in [4.78, 5) is 21.5. The molecule has 2 saturated heterocycles. The standard InChI is InChI=1S/C17H27N3O3/c1-4-13-9-20(10-14(13)19-5-7-22-8-6-19)17(21)15-16(12(2)3)23-11-18-15/h11-14H,4-10H2,1-3H3. The van der Waals surface area contributed by atoms with Gasteiger partial charge in [0.05, 0.1) is 13.2 Å². The SMILES string of the molecule is CCC1CN(C(=O)c2ncoc2C(C)C)CC1N1CCOCC1. The summed E-state index contributed by atoms with van der Waals surface area (Å²) in [6.45, 7) is 11.3. The lowest BCUT2D eigenvalue weighted by atomic mass is 9.99. The minimum Gasteiger partial charge on any atom is -0.447 e. The Morgan fingerprint density at radius 2 is 2.09 bits per heavy atom. The van der Waals surface area contributed by atoms with Crippen molar-refractivity contribution in [2.24, 2.45) is 5.92 Å². The Balaban J connectivity index is 1.73. The van der Waals surface area contributed by atoms with Gasteiger partial charge < -0.3 is 14.1 Å². The van der Waals surface area contributed by atoms with E-state index < -0.39 is 0 Å². The number of hydrogen-bond donors (Lipinski definition) is 0. The van der Waals surface area contributed by atoms with Gasteiger partial charge in [-0.1, -0.05) is 27.2 Å². The summed E-state index contributed by atoms with van der Waals surface area (Å²) >= 11 is 0. The molecule has 6 nitrogen and oxygen atoms in total. The van der Waals surface area contributed by atoms with Crippen LogP contribution in [0.25, 0.3) is 0 Å². The number of oxazole rings is 1. The average Bonchev–Trinajstić information content (AvgIpc) is 3.22. The molecule has 0 radical (unpaired) electrons. The summed E-state index contributed by atoms with van der Waals surface area (Å²) < 4.78 is 10.9. The average molecular weight is 321 g/mol. The van der Waals surface area contributed by atoms with Crippen molar-refractivity contribution in [2.75, 3.05) is 39.4 Å². The van der Waals surface area contributed by atoms with E-state index in [4.69, 9.17) is 9.15 Å². The molecule has 0 saturated carbocycles. The lowest BCUT2D eigenvalue weighted by Crippen LogP contribution is -2.47. The zero-order chi connectivity index (χ0) is 16.4. The number of ether oxygens (including phenoxy) is 1. The number of hydrogen-bond acceptors (Lipinski definition) is 5. The van der Waals surface area contributed by atoms with Crippen molar-refractivity contribution in [2.45, 2.75) is 39.2 Å². The van der Waals surface area contributed by atoms with Gasteiger partial charge in [-0.15, -0.1) is 0 Å². The predicted octanol–water partition coefficient (Wildman–Crippen LogP) is 1.98. The highest BCUT2D eigenvalue weighted by Crippen LogP contribution is 2.28. The third-order valence-electron chi connectivity index (χ3n) is 5.05. The number of morpholine rings is 1. The fraction of sp³-hybridized carbons (Fsp3) is 0.765. The van der Waals surface area contributed by atoms with Gasteiger partial charge >= 0.3 is 0 Å². The first-order chi connectivity index (χ1) is 11.1. The minimum absolute atomic E-state index is 0.0108. The molecule has 2 unspecified atom stereocenters. The largest absolute Gasteiger partial charge is 0.447 e. The second-order valence-corrected chi connectivity index (χ2v) is 6.81. The van der Waals surface area contributed by atoms with Crippen LogP contribution in [-0.4, -0.2) is 66.1 Å². The van der Waals surface area contributed by atoms with Gasteiger partial charge in [0.25, 0.3) is 5.91 Å². The summed E-state index contributed by atoms with van der Waals surface area (Å²) in [6.07, 6.45) is 2.47. The van der Waals surface area contributed by atoms with Crippen LogP contribution in [0.3, 0.4) is 0 Å². The van der Waals surface area contributed by atoms with Crippen LogP contribution in [0.1, 0.15) is 49.4 Å². The second kappa shape index (κ2) is 7.01. The fourth-order valence-corrected chi connectivity index (χ4v) is 3.72. The summed E-state index contributed by atoms with van der Waals surface area (Å²) in [6, 6.07) is 0.433. The number of carbonyl (C=O) groups is 1. The van der Waals surface area contributed by atoms with E-state index in [1.54, 1.807) is 0 Å². The Kier molecular flexibility index (Phi) is 5.02. The molecule has 1 amide bonds. The smallest absolute Gasteiger partial charge is 0.276 e. The minimum atomic E-state index is 0.0108. The van der Waals surface area contributed by atoms with Crippen molar-refractivity contribution in [3.05, 3.63) is 17.8 Å². The summed E-state index contributed by atoms with van der Waals surface area (Å²) in [5.74, 6) is 1.39. The highest BCUT2D eigenvalue weighted by Gasteiger charge is 2.39. The first-order valence-electron chi connectivity index (χ1n) is 8.66. The van der Waals surface area contributed by atoms with Gasteiger partial charge in [-0.05, 0) is 5.92 Å². The van der Waals surface area contributed by atoms with Crippen LogP contribution in [-0.2, 0) is 4.74 Å². The molecule has 2 aliphatic rings. The Morgan fingerprint density at radius 3 is 2.74 bits per heavy atom. The van der Waals surface area contributed by atoms with Gasteiger partial charge in [0, 0.05) is 38.1 Å². The Bertz CT molecular complexity index is 537. The molecule has 0 bridgehead atoms. The Hall–Kier alpha value is -1.40. The van der Waals surface area contributed by atoms with Crippen molar-refractivity contribution in [3.8, 4) is 0 Å². The topological polar surface area (TPSA) is 58.8 Å². The summed E-state index contributed by atoms with van der Waals surface area (Å²) in [7, 11) is 0. The predicted molar refractivity (Wildman–Crippen MR) is 86.5 cm³/mol. The van der Waals surface area contributed by atoms with Gasteiger partial charge in [-0.2, -0.15) is 0 Å². The van der Waals surface area contributed by atoms with Crippen molar-refractivity contribution in [3.63, 3.8) is 0 Å². The van der Waals surface area contributed by atoms with Gasteiger partial charge in [-0.3, -0.25) is 9.69 Å². The van der Waals surface area contributed by atoms with Crippen LogP contribution in [0.2, 0.25) is 0 Å². The van der Waals surface area contributed by atoms with E-state index in [1.165, 1.54) is 6.39 Å². The van der Waals surface area contributed by atoms with E-state index in [0.29, 0.717) is 23.4 Å². The van der Waals surface area contributed by atoms with Crippen LogP contribution in [0, 0.1) is 5.92 Å². The molecule has 0 N–H and O–H groups in total. The molecule has 2 atom stereocenters. The third-order valence-corrected chi connectivity index (χ3v) is 5.05. The third kappa shape index (κ3) is 3.28. The number of likely N-dealkylation sites (tertiary alicyclic amines) is 1. The first-order valence-corrected chi connectivity index (χ1v) is 8.66. The monoisotopic (exact) mass is 321 g/mol. The van der Waals surface area contributed by atoms with E-state index in [9.17, 15) is 4.79 Å². The molecule has 23 heavy (non-hydrogen) atoms. The molecule has 128 valence electrons. The molecule has 0 spiro atoms. The van der Waals surface area contributed by atoms with Crippen LogP contribution < -0.4 is 0 Å². The van der Waals surface area contributed by atoms with E-state index >= 15 is 0 Å². The molecule has 3 rings (SSSR count). The molecular formula is C17H27N3O3. The highest BCUT2D eigenvalue weighted by molar-refractivity contribution is 5.93. The normalized spacial score (nSPS) is 26.2. The van der Waals surface area contributed by atoms with Crippen LogP contribution >= 0.6 is 0 Å². The second-order valence-electron chi connectivity index (χ2n) is 6.81. The van der Waals surface area contributed by atoms with E-state index in [1.807, 2.05) is 18.7 Å². The molecule has 6 heteroatoms. The van der Waals surface area contributed by atoms with Crippen molar-refractivity contribution in [1.82, 2.24) is 14.8 Å². The quantitative estimate of drug-likeness (QED) is 0.849. The molecule has 0 aliphatic carbocycles. The van der Waals surface area contributed by atoms with Crippen LogP contribution in [0.5, 0.6) is 0 Å². The van der Waals surface area contributed by atoms with Crippen LogP contribution in [0.4, 0.5) is 0 Å². The number of amides is 1. The number of rotatable bonds is 4. The molecule has 0 aromatic carbocycles. The van der Waals surface area contributed by atoms with E-state index in [0.717, 1.165) is 45.8 Å². The molecular weight excluding hydrogens is 294 g/mol. The van der Waals surface area contributed by atoms with Crippen molar-refractivity contribution >= 4 is 5.91 Å². The lowest BCUT2D eigenvalue weighted by Gasteiger charge is -2.34. The van der Waals surface area contributed by atoms with E-state index in [2.05, 4.69) is 16.8 Å². The van der Waals surface area contributed by atoms with E-state index in [-0.39, 0.29) is 11.8 Å². The molecule has 2 aliphatic heterocycles. The summed E-state index contributed by atoms with van der Waals surface area (Å²) in [5.41, 5.74) is 0.484. The molecule has 1 aromatic rings. The van der Waals surface area contributed by atoms with Gasteiger partial charge in [0.1, 0.15) is 5.76 Å². The van der Waals surface area contributed by atoms with Gasteiger partial charge in [0.15, 0.2) is 12.1 Å². The maximum atomic E-state index is 12.9.